The number of hydrogen-bond acceptors (Lipinski definition) is 4. The lowest BCUT2D eigenvalue weighted by molar-refractivity contribution is -0.126. The molecule has 2 rings (SSSR count). The van der Waals surface area contributed by atoms with Crippen molar-refractivity contribution in [3.8, 4) is 0 Å². The average Bonchev–Trinajstić information content (AvgIpc) is 2.80. The molecule has 1 aliphatic rings. The van der Waals surface area contributed by atoms with Crippen molar-refractivity contribution in [2.75, 3.05) is 0 Å². The second kappa shape index (κ2) is 7.03. The fraction of sp³-hybridized carbons (Fsp3) is 0.750. The topological polar surface area (TPSA) is 44.5 Å². The molecule has 114 valence electrons. The molecule has 0 radical (unpaired) electrons. The van der Waals surface area contributed by atoms with Crippen molar-refractivity contribution >= 4 is 11.3 Å². The van der Waals surface area contributed by atoms with E-state index in [0.29, 0.717) is 0 Å². The van der Waals surface area contributed by atoms with E-state index in [1.165, 1.54) is 9.75 Å². The van der Waals surface area contributed by atoms with Gasteiger partial charge in [-0.3, -0.25) is 0 Å². The molecule has 4 heteroatoms. The number of thiophene rings is 1. The molecule has 4 atom stereocenters. The van der Waals surface area contributed by atoms with Gasteiger partial charge in [-0.15, -0.1) is 11.3 Å². The molecule has 2 N–H and O–H groups in total. The van der Waals surface area contributed by atoms with Gasteiger partial charge in [-0.2, -0.15) is 0 Å². The Hall–Kier alpha value is -0.420. The number of nitrogens with two attached hydrogens (primary N) is 1. The van der Waals surface area contributed by atoms with E-state index in [1.807, 2.05) is 0 Å². The summed E-state index contributed by atoms with van der Waals surface area (Å²) < 4.78 is 12.2. The number of rotatable bonds is 5. The molecule has 20 heavy (non-hydrogen) atoms. The van der Waals surface area contributed by atoms with E-state index in [-0.39, 0.29) is 30.5 Å². The predicted molar refractivity (Wildman–Crippen MR) is 84.2 cm³/mol. The van der Waals surface area contributed by atoms with Gasteiger partial charge in [-0.05, 0) is 52.2 Å². The third-order valence-electron chi connectivity index (χ3n) is 3.90. The van der Waals surface area contributed by atoms with Gasteiger partial charge >= 0.3 is 0 Å². The number of ether oxygens (including phenoxy) is 2. The van der Waals surface area contributed by atoms with Crippen LogP contribution in [0.3, 0.4) is 0 Å². The van der Waals surface area contributed by atoms with Gasteiger partial charge in [-0.25, -0.2) is 0 Å². The molecule has 0 bridgehead atoms. The Morgan fingerprint density at radius 3 is 2.50 bits per heavy atom. The maximum Gasteiger partial charge on any atom is 0.107 e. The number of hydrogen-bond donors (Lipinski definition) is 1. The maximum atomic E-state index is 6.39. The van der Waals surface area contributed by atoms with Crippen LogP contribution in [-0.2, 0) is 9.47 Å². The molecule has 1 aromatic rings. The van der Waals surface area contributed by atoms with Crippen molar-refractivity contribution in [2.24, 2.45) is 5.73 Å². The summed E-state index contributed by atoms with van der Waals surface area (Å²) >= 11 is 1.79. The summed E-state index contributed by atoms with van der Waals surface area (Å²) in [4.78, 5) is 2.56. The van der Waals surface area contributed by atoms with Gasteiger partial charge in [0.05, 0.1) is 18.3 Å². The van der Waals surface area contributed by atoms with Crippen LogP contribution in [0.4, 0.5) is 0 Å². The molecular weight excluding hydrogens is 270 g/mol. The third-order valence-corrected chi connectivity index (χ3v) is 4.96. The van der Waals surface area contributed by atoms with E-state index in [1.54, 1.807) is 11.3 Å². The monoisotopic (exact) mass is 297 g/mol. The molecule has 1 fully saturated rings. The van der Waals surface area contributed by atoms with Crippen LogP contribution in [0, 0.1) is 6.92 Å². The predicted octanol–water partition coefficient (Wildman–Crippen LogP) is 3.81. The Morgan fingerprint density at radius 2 is 2.00 bits per heavy atom. The highest BCUT2D eigenvalue weighted by Gasteiger charge is 2.30. The van der Waals surface area contributed by atoms with Gasteiger partial charge < -0.3 is 15.2 Å². The molecule has 0 saturated carbocycles. The van der Waals surface area contributed by atoms with Crippen LogP contribution in [0.5, 0.6) is 0 Å². The van der Waals surface area contributed by atoms with E-state index < -0.39 is 0 Å². The summed E-state index contributed by atoms with van der Waals surface area (Å²) in [5.41, 5.74) is 6.30. The Kier molecular flexibility index (Phi) is 5.61. The summed E-state index contributed by atoms with van der Waals surface area (Å²) in [5.74, 6) is 0. The van der Waals surface area contributed by atoms with Crippen LogP contribution in [-0.4, -0.2) is 24.4 Å². The highest BCUT2D eigenvalue weighted by Crippen LogP contribution is 2.33. The van der Waals surface area contributed by atoms with E-state index in [0.717, 1.165) is 19.3 Å². The van der Waals surface area contributed by atoms with Crippen LogP contribution in [0.15, 0.2) is 12.1 Å². The summed E-state index contributed by atoms with van der Waals surface area (Å²) in [6.07, 6.45) is 3.65. The molecule has 4 unspecified atom stereocenters. The zero-order valence-electron chi connectivity index (χ0n) is 13.0. The first kappa shape index (κ1) is 16.0. The summed E-state index contributed by atoms with van der Waals surface area (Å²) in [6, 6.07) is 4.36. The Morgan fingerprint density at radius 1 is 1.35 bits per heavy atom. The first-order chi connectivity index (χ1) is 9.49. The van der Waals surface area contributed by atoms with Gasteiger partial charge in [0.2, 0.25) is 0 Å². The largest absolute Gasteiger partial charge is 0.375 e. The smallest absolute Gasteiger partial charge is 0.107 e. The van der Waals surface area contributed by atoms with E-state index in [9.17, 15) is 0 Å². The maximum absolute atomic E-state index is 6.39. The minimum atomic E-state index is 0.0150. The molecule has 0 spiro atoms. The minimum Gasteiger partial charge on any atom is -0.375 e. The Bertz CT molecular complexity index is 410. The fourth-order valence-electron chi connectivity index (χ4n) is 2.86. The molecule has 3 nitrogen and oxygen atoms in total. The van der Waals surface area contributed by atoms with E-state index in [4.69, 9.17) is 15.2 Å². The Balaban J connectivity index is 2.08. The fourth-order valence-corrected chi connectivity index (χ4v) is 3.85. The molecule has 0 aromatic carbocycles. The van der Waals surface area contributed by atoms with Crippen LogP contribution in [0.25, 0.3) is 0 Å². The lowest BCUT2D eigenvalue weighted by atomic mass is 10.0. The van der Waals surface area contributed by atoms with Crippen molar-refractivity contribution < 1.29 is 9.47 Å². The second-order valence-corrected chi connectivity index (χ2v) is 7.25. The molecule has 1 aromatic heterocycles. The average molecular weight is 297 g/mol. The zero-order valence-corrected chi connectivity index (χ0v) is 13.8. The lowest BCUT2D eigenvalue weighted by Crippen LogP contribution is -2.38. The molecule has 1 saturated heterocycles. The zero-order chi connectivity index (χ0) is 14.7. The summed E-state index contributed by atoms with van der Waals surface area (Å²) in [7, 11) is 0. The number of aryl methyl sites for hydroxylation is 1. The standard InChI is InChI=1S/C16H27NO2S/c1-5-14(17)16(15-7-6-12(4)20-15)19-13-8-10(2)18-11(3)9-13/h6-7,10-11,13-14,16H,5,8-9,17H2,1-4H3. The van der Waals surface area contributed by atoms with Gasteiger partial charge in [0.25, 0.3) is 0 Å². The van der Waals surface area contributed by atoms with Crippen LogP contribution >= 0.6 is 11.3 Å². The van der Waals surface area contributed by atoms with Crippen LogP contribution < -0.4 is 5.73 Å². The molecule has 2 heterocycles. The van der Waals surface area contributed by atoms with Gasteiger partial charge in [0, 0.05) is 15.8 Å². The van der Waals surface area contributed by atoms with E-state index >= 15 is 0 Å². The minimum absolute atomic E-state index is 0.0150. The lowest BCUT2D eigenvalue weighted by Gasteiger charge is -2.35. The molecule has 0 amide bonds. The molecule has 1 aliphatic heterocycles. The van der Waals surface area contributed by atoms with Crippen LogP contribution in [0.1, 0.15) is 55.9 Å². The van der Waals surface area contributed by atoms with Crippen molar-refractivity contribution in [3.05, 3.63) is 21.9 Å². The van der Waals surface area contributed by atoms with Gasteiger partial charge in [0.1, 0.15) is 6.10 Å². The Labute approximate surface area is 126 Å². The summed E-state index contributed by atoms with van der Waals surface area (Å²) in [6.45, 7) is 8.49. The first-order valence-corrected chi connectivity index (χ1v) is 8.44. The first-order valence-electron chi connectivity index (χ1n) is 7.62. The normalized spacial score (nSPS) is 30.1. The van der Waals surface area contributed by atoms with Gasteiger partial charge in [0.15, 0.2) is 0 Å². The third kappa shape index (κ3) is 4.04. The van der Waals surface area contributed by atoms with Crippen molar-refractivity contribution in [1.29, 1.82) is 0 Å². The summed E-state index contributed by atoms with van der Waals surface area (Å²) in [5, 5.41) is 0. The van der Waals surface area contributed by atoms with Crippen molar-refractivity contribution in [1.82, 2.24) is 0 Å². The van der Waals surface area contributed by atoms with Gasteiger partial charge in [-0.1, -0.05) is 6.92 Å². The SMILES string of the molecule is CCC(N)C(OC1CC(C)OC(C)C1)c1ccc(C)s1. The second-order valence-electron chi connectivity index (χ2n) is 5.93. The van der Waals surface area contributed by atoms with Crippen molar-refractivity contribution in [3.63, 3.8) is 0 Å². The highest BCUT2D eigenvalue weighted by molar-refractivity contribution is 7.12. The molecule has 0 aliphatic carbocycles. The van der Waals surface area contributed by atoms with Crippen LogP contribution in [0.2, 0.25) is 0 Å². The molecular formula is C16H27NO2S. The van der Waals surface area contributed by atoms with Crippen molar-refractivity contribution in [2.45, 2.75) is 77.4 Å². The quantitative estimate of drug-likeness (QED) is 0.899. The highest BCUT2D eigenvalue weighted by atomic mass is 32.1. The van der Waals surface area contributed by atoms with E-state index in [2.05, 4.69) is 39.8 Å².